The van der Waals surface area contributed by atoms with Crippen LogP contribution in [0.25, 0.3) is 0 Å². The summed E-state index contributed by atoms with van der Waals surface area (Å²) in [5.41, 5.74) is 3.16. The van der Waals surface area contributed by atoms with Crippen molar-refractivity contribution in [1.29, 1.82) is 0 Å². The average Bonchev–Trinajstić information content (AvgIpc) is 2.46. The van der Waals surface area contributed by atoms with Crippen LogP contribution < -0.4 is 4.90 Å². The summed E-state index contributed by atoms with van der Waals surface area (Å²) in [5.74, 6) is -0.892. The molecule has 0 aliphatic heterocycles. The summed E-state index contributed by atoms with van der Waals surface area (Å²) in [7, 11) is 0. The minimum absolute atomic E-state index is 0.348. The monoisotopic (exact) mass is 270 g/mol. The molecule has 0 unspecified atom stereocenters. The van der Waals surface area contributed by atoms with Gasteiger partial charge in [0.25, 0.3) is 0 Å². The zero-order valence-electron chi connectivity index (χ0n) is 11.7. The molecule has 104 valence electrons. The number of carbonyl (C=O) groups is 1. The lowest BCUT2D eigenvalue weighted by Crippen LogP contribution is -2.24. The standard InChI is InChI=1S/C16H18N2O2/c1-3-18(11-13-6-8-17-9-7-13)15-5-4-12(2)10-14(15)16(19)20/h4-10H,3,11H2,1-2H3,(H,19,20). The molecule has 2 rings (SSSR count). The van der Waals surface area contributed by atoms with Gasteiger partial charge < -0.3 is 10.0 Å². The molecule has 1 N–H and O–H groups in total. The number of benzene rings is 1. The van der Waals surface area contributed by atoms with Gasteiger partial charge in [0.15, 0.2) is 0 Å². The first-order chi connectivity index (χ1) is 9.61. The number of hydrogen-bond acceptors (Lipinski definition) is 3. The zero-order chi connectivity index (χ0) is 14.5. The molecule has 0 saturated carbocycles. The highest BCUT2D eigenvalue weighted by atomic mass is 16.4. The Labute approximate surface area is 118 Å². The molecule has 1 aromatic heterocycles. The molecule has 4 heteroatoms. The number of aromatic nitrogens is 1. The summed E-state index contributed by atoms with van der Waals surface area (Å²) >= 11 is 0. The molecule has 1 heterocycles. The molecule has 0 bridgehead atoms. The van der Waals surface area contributed by atoms with E-state index in [1.165, 1.54) is 0 Å². The fourth-order valence-corrected chi connectivity index (χ4v) is 2.17. The van der Waals surface area contributed by atoms with E-state index in [0.717, 1.165) is 23.4 Å². The van der Waals surface area contributed by atoms with Gasteiger partial charge in [-0.05, 0) is 43.7 Å². The predicted octanol–water partition coefficient (Wildman–Crippen LogP) is 3.11. The number of carboxylic acid groups (broad SMARTS) is 1. The quantitative estimate of drug-likeness (QED) is 0.907. The summed E-state index contributed by atoms with van der Waals surface area (Å²) in [4.78, 5) is 17.5. The van der Waals surface area contributed by atoms with Gasteiger partial charge in [-0.1, -0.05) is 11.6 Å². The van der Waals surface area contributed by atoms with Crippen LogP contribution in [-0.4, -0.2) is 22.6 Å². The molecule has 0 radical (unpaired) electrons. The first-order valence-electron chi connectivity index (χ1n) is 6.59. The highest BCUT2D eigenvalue weighted by molar-refractivity contribution is 5.94. The van der Waals surface area contributed by atoms with Gasteiger partial charge >= 0.3 is 5.97 Å². The Hall–Kier alpha value is -2.36. The Morgan fingerprint density at radius 2 is 1.95 bits per heavy atom. The van der Waals surface area contributed by atoms with Gasteiger partial charge in [-0.25, -0.2) is 4.79 Å². The van der Waals surface area contributed by atoms with Gasteiger partial charge in [0.1, 0.15) is 0 Å². The van der Waals surface area contributed by atoms with Crippen LogP contribution in [0.2, 0.25) is 0 Å². The molecular formula is C16H18N2O2. The number of pyridine rings is 1. The van der Waals surface area contributed by atoms with Crippen molar-refractivity contribution in [2.45, 2.75) is 20.4 Å². The molecular weight excluding hydrogens is 252 g/mol. The van der Waals surface area contributed by atoms with Crippen molar-refractivity contribution < 1.29 is 9.90 Å². The lowest BCUT2D eigenvalue weighted by atomic mass is 10.1. The van der Waals surface area contributed by atoms with Gasteiger partial charge in [0, 0.05) is 25.5 Å². The Morgan fingerprint density at radius 1 is 1.25 bits per heavy atom. The lowest BCUT2D eigenvalue weighted by molar-refractivity contribution is 0.0697. The highest BCUT2D eigenvalue weighted by Gasteiger charge is 2.15. The molecule has 2 aromatic rings. The zero-order valence-corrected chi connectivity index (χ0v) is 11.7. The summed E-state index contributed by atoms with van der Waals surface area (Å²) in [6.07, 6.45) is 3.49. The number of aryl methyl sites for hydroxylation is 1. The maximum atomic E-state index is 11.4. The van der Waals surface area contributed by atoms with Crippen molar-refractivity contribution in [3.05, 3.63) is 59.4 Å². The molecule has 1 aromatic carbocycles. The first kappa shape index (κ1) is 14.1. The lowest BCUT2D eigenvalue weighted by Gasteiger charge is -2.25. The van der Waals surface area contributed by atoms with E-state index in [2.05, 4.69) is 9.88 Å². The van der Waals surface area contributed by atoms with Crippen LogP contribution >= 0.6 is 0 Å². The minimum Gasteiger partial charge on any atom is -0.478 e. The fourth-order valence-electron chi connectivity index (χ4n) is 2.17. The van der Waals surface area contributed by atoms with Crippen LogP contribution in [0.3, 0.4) is 0 Å². The maximum absolute atomic E-state index is 11.4. The summed E-state index contributed by atoms with van der Waals surface area (Å²) in [5, 5.41) is 9.36. The van der Waals surface area contributed by atoms with Gasteiger partial charge in [-0.2, -0.15) is 0 Å². The summed E-state index contributed by atoms with van der Waals surface area (Å²) in [6.45, 7) is 5.33. The first-order valence-corrected chi connectivity index (χ1v) is 6.59. The van der Waals surface area contributed by atoms with E-state index in [9.17, 15) is 9.90 Å². The third kappa shape index (κ3) is 3.15. The topological polar surface area (TPSA) is 53.4 Å². The third-order valence-electron chi connectivity index (χ3n) is 3.23. The van der Waals surface area contributed by atoms with Crippen LogP contribution in [0.1, 0.15) is 28.4 Å². The number of anilines is 1. The van der Waals surface area contributed by atoms with Crippen molar-refractivity contribution in [1.82, 2.24) is 4.98 Å². The van der Waals surface area contributed by atoms with E-state index < -0.39 is 5.97 Å². The third-order valence-corrected chi connectivity index (χ3v) is 3.23. The summed E-state index contributed by atoms with van der Waals surface area (Å²) < 4.78 is 0. The maximum Gasteiger partial charge on any atom is 0.337 e. The predicted molar refractivity (Wildman–Crippen MR) is 79.1 cm³/mol. The fraction of sp³-hybridized carbons (Fsp3) is 0.250. The smallest absolute Gasteiger partial charge is 0.337 e. The number of nitrogens with zero attached hydrogens (tertiary/aromatic N) is 2. The van der Waals surface area contributed by atoms with Crippen molar-refractivity contribution in [2.24, 2.45) is 0 Å². The minimum atomic E-state index is -0.892. The Kier molecular flexibility index (Phi) is 4.35. The number of rotatable bonds is 5. The molecule has 0 saturated heterocycles. The molecule has 0 aliphatic carbocycles. The second kappa shape index (κ2) is 6.19. The molecule has 0 fully saturated rings. The molecule has 0 aliphatic rings. The van der Waals surface area contributed by atoms with Crippen LogP contribution in [0.4, 0.5) is 5.69 Å². The number of hydrogen-bond donors (Lipinski definition) is 1. The molecule has 0 amide bonds. The Balaban J connectivity index is 2.34. The van der Waals surface area contributed by atoms with Gasteiger partial charge in [-0.3, -0.25) is 4.98 Å². The van der Waals surface area contributed by atoms with E-state index in [1.807, 2.05) is 38.1 Å². The van der Waals surface area contributed by atoms with Crippen LogP contribution in [0.5, 0.6) is 0 Å². The Morgan fingerprint density at radius 3 is 2.55 bits per heavy atom. The second-order valence-electron chi connectivity index (χ2n) is 4.70. The Bertz CT molecular complexity index is 597. The molecule has 0 atom stereocenters. The van der Waals surface area contributed by atoms with Gasteiger partial charge in [-0.15, -0.1) is 0 Å². The second-order valence-corrected chi connectivity index (χ2v) is 4.70. The normalized spacial score (nSPS) is 10.3. The largest absolute Gasteiger partial charge is 0.478 e. The van der Waals surface area contributed by atoms with E-state index in [-0.39, 0.29) is 0 Å². The van der Waals surface area contributed by atoms with Crippen molar-refractivity contribution in [3.63, 3.8) is 0 Å². The summed E-state index contributed by atoms with van der Waals surface area (Å²) in [6, 6.07) is 9.42. The van der Waals surface area contributed by atoms with Gasteiger partial charge in [0.05, 0.1) is 11.3 Å². The van der Waals surface area contributed by atoms with Crippen molar-refractivity contribution >= 4 is 11.7 Å². The van der Waals surface area contributed by atoms with Crippen LogP contribution in [0.15, 0.2) is 42.7 Å². The number of aromatic carboxylic acids is 1. The van der Waals surface area contributed by atoms with E-state index >= 15 is 0 Å². The van der Waals surface area contributed by atoms with E-state index in [4.69, 9.17) is 0 Å². The molecule has 4 nitrogen and oxygen atoms in total. The SMILES string of the molecule is CCN(Cc1ccncc1)c1ccc(C)cc1C(=O)O. The molecule has 0 spiro atoms. The number of carboxylic acids is 1. The van der Waals surface area contributed by atoms with Crippen LogP contribution in [-0.2, 0) is 6.54 Å². The van der Waals surface area contributed by atoms with E-state index in [0.29, 0.717) is 12.1 Å². The molecule has 20 heavy (non-hydrogen) atoms. The van der Waals surface area contributed by atoms with Crippen LogP contribution in [0, 0.1) is 6.92 Å². The average molecular weight is 270 g/mol. The van der Waals surface area contributed by atoms with Crippen molar-refractivity contribution in [3.8, 4) is 0 Å². The van der Waals surface area contributed by atoms with Crippen molar-refractivity contribution in [2.75, 3.05) is 11.4 Å². The van der Waals surface area contributed by atoms with Gasteiger partial charge in [0.2, 0.25) is 0 Å². The highest BCUT2D eigenvalue weighted by Crippen LogP contribution is 2.23. The van der Waals surface area contributed by atoms with E-state index in [1.54, 1.807) is 18.5 Å².